The maximum Gasteiger partial charge on any atom is 0.257 e. The predicted molar refractivity (Wildman–Crippen MR) is 150 cm³/mol. The molecule has 206 valence electrons. The number of nitrogens with zero attached hydrogens (tertiary/aromatic N) is 2. The third kappa shape index (κ3) is 6.34. The number of hydrogen-bond acceptors (Lipinski definition) is 5. The molecule has 3 aromatic rings. The van der Waals surface area contributed by atoms with E-state index >= 15 is 0 Å². The Labute approximate surface area is 233 Å². The van der Waals surface area contributed by atoms with Gasteiger partial charge in [0.25, 0.3) is 5.91 Å². The van der Waals surface area contributed by atoms with E-state index in [1.165, 1.54) is 27.5 Å². The van der Waals surface area contributed by atoms with Crippen LogP contribution in [0.5, 0.6) is 5.75 Å². The Morgan fingerprint density at radius 3 is 2.67 bits per heavy atom. The second-order valence-electron chi connectivity index (χ2n) is 10.5. The van der Waals surface area contributed by atoms with Gasteiger partial charge in [-0.1, -0.05) is 38.1 Å². The predicted octanol–water partition coefficient (Wildman–Crippen LogP) is 5.84. The lowest BCUT2D eigenvalue weighted by molar-refractivity contribution is -0.135. The summed E-state index contributed by atoms with van der Waals surface area (Å²) < 4.78 is 26.5. The molecule has 6 nitrogen and oxygen atoms in total. The van der Waals surface area contributed by atoms with Crippen molar-refractivity contribution in [3.63, 3.8) is 0 Å². The van der Waals surface area contributed by atoms with Gasteiger partial charge in [-0.15, -0.1) is 11.3 Å². The normalized spacial score (nSPS) is 18.7. The largest absolute Gasteiger partial charge is 0.491 e. The molecule has 0 bridgehead atoms. The van der Waals surface area contributed by atoms with Gasteiger partial charge in [0.15, 0.2) is 0 Å². The molecule has 0 radical (unpaired) electrons. The molecule has 2 aliphatic rings. The Morgan fingerprint density at radius 2 is 1.95 bits per heavy atom. The maximum atomic E-state index is 14.5. The summed E-state index contributed by atoms with van der Waals surface area (Å²) in [6.07, 6.45) is 2.31. The van der Waals surface area contributed by atoms with Crippen molar-refractivity contribution < 1.29 is 23.5 Å². The van der Waals surface area contributed by atoms with Gasteiger partial charge in [0.2, 0.25) is 5.91 Å². The van der Waals surface area contributed by atoms with Crippen LogP contribution in [0.15, 0.2) is 60.0 Å². The van der Waals surface area contributed by atoms with Crippen molar-refractivity contribution in [2.45, 2.75) is 51.2 Å². The van der Waals surface area contributed by atoms with Crippen LogP contribution in [0.2, 0.25) is 0 Å². The third-order valence-corrected chi connectivity index (χ3v) is 8.53. The Kier molecular flexibility index (Phi) is 8.63. The number of ether oxygens (including phenoxy) is 2. The van der Waals surface area contributed by atoms with Crippen LogP contribution in [0.1, 0.15) is 65.0 Å². The van der Waals surface area contributed by atoms with Crippen molar-refractivity contribution in [3.05, 3.63) is 87.4 Å². The first-order valence-electron chi connectivity index (χ1n) is 13.6. The van der Waals surface area contributed by atoms with Crippen LogP contribution in [-0.2, 0) is 16.0 Å². The van der Waals surface area contributed by atoms with Crippen molar-refractivity contribution in [1.82, 2.24) is 9.80 Å². The van der Waals surface area contributed by atoms with Crippen LogP contribution in [0.3, 0.4) is 0 Å². The molecule has 0 aliphatic carbocycles. The zero-order valence-electron chi connectivity index (χ0n) is 22.5. The van der Waals surface area contributed by atoms with Crippen LogP contribution in [0, 0.1) is 5.82 Å². The summed E-state index contributed by atoms with van der Waals surface area (Å²) in [5, 5.41) is 2.05. The minimum atomic E-state index is -0.595. The van der Waals surface area contributed by atoms with E-state index in [-0.39, 0.29) is 36.7 Å². The number of benzene rings is 2. The zero-order chi connectivity index (χ0) is 27.4. The van der Waals surface area contributed by atoms with E-state index in [4.69, 9.17) is 9.47 Å². The van der Waals surface area contributed by atoms with Gasteiger partial charge in [-0.25, -0.2) is 4.39 Å². The van der Waals surface area contributed by atoms with Crippen molar-refractivity contribution >= 4 is 23.2 Å². The Morgan fingerprint density at radius 1 is 1.15 bits per heavy atom. The fraction of sp³-hybridized carbons (Fsp3) is 0.419. The molecule has 5 rings (SSSR count). The highest BCUT2D eigenvalue weighted by Crippen LogP contribution is 2.34. The smallest absolute Gasteiger partial charge is 0.257 e. The molecule has 3 heterocycles. The molecule has 39 heavy (non-hydrogen) atoms. The average Bonchev–Trinajstić information content (AvgIpc) is 3.64. The number of carbonyl (C=O) groups excluding carboxylic acids is 2. The Bertz CT molecular complexity index is 1290. The second kappa shape index (κ2) is 12.3. The number of hydrogen-bond donors (Lipinski definition) is 0. The summed E-state index contributed by atoms with van der Waals surface area (Å²) in [7, 11) is 0. The van der Waals surface area contributed by atoms with Crippen LogP contribution in [0.4, 0.5) is 4.39 Å². The molecule has 8 heteroatoms. The molecular weight excluding hydrogens is 515 g/mol. The molecule has 0 spiro atoms. The number of amides is 2. The minimum Gasteiger partial charge on any atom is -0.491 e. The highest BCUT2D eigenvalue weighted by molar-refractivity contribution is 7.10. The van der Waals surface area contributed by atoms with Gasteiger partial charge in [-0.05, 0) is 72.0 Å². The number of fused-ring (bicyclic) bond motifs is 1. The van der Waals surface area contributed by atoms with E-state index in [9.17, 15) is 14.0 Å². The lowest BCUT2D eigenvalue weighted by Crippen LogP contribution is -2.49. The molecule has 1 fully saturated rings. The van der Waals surface area contributed by atoms with Crippen LogP contribution < -0.4 is 4.74 Å². The first-order valence-corrected chi connectivity index (χ1v) is 14.5. The highest BCUT2D eigenvalue weighted by Gasteiger charge is 2.35. The summed E-state index contributed by atoms with van der Waals surface area (Å²) in [5.74, 6) is -0.0862. The molecular formula is C31H35FN2O4S. The van der Waals surface area contributed by atoms with Crippen LogP contribution >= 0.6 is 11.3 Å². The van der Waals surface area contributed by atoms with Gasteiger partial charge in [-0.2, -0.15) is 0 Å². The minimum absolute atomic E-state index is 0.0354. The number of carbonyl (C=O) groups is 2. The number of thiophene rings is 1. The van der Waals surface area contributed by atoms with E-state index in [1.807, 2.05) is 17.0 Å². The number of halogens is 1. The topological polar surface area (TPSA) is 59.1 Å². The molecule has 1 saturated heterocycles. The van der Waals surface area contributed by atoms with E-state index < -0.39 is 11.7 Å². The van der Waals surface area contributed by atoms with Crippen LogP contribution in [-0.4, -0.2) is 60.6 Å². The Hall–Kier alpha value is -3.23. The lowest BCUT2D eigenvalue weighted by atomic mass is 10.00. The monoisotopic (exact) mass is 550 g/mol. The van der Waals surface area contributed by atoms with Gasteiger partial charge in [0, 0.05) is 24.6 Å². The maximum absolute atomic E-state index is 14.5. The second-order valence-corrected chi connectivity index (χ2v) is 11.5. The van der Waals surface area contributed by atoms with Crippen LogP contribution in [0.25, 0.3) is 0 Å². The van der Waals surface area contributed by atoms with Crippen molar-refractivity contribution in [3.8, 4) is 5.75 Å². The molecule has 2 amide bonds. The van der Waals surface area contributed by atoms with Gasteiger partial charge in [-0.3, -0.25) is 9.59 Å². The van der Waals surface area contributed by atoms with E-state index in [1.54, 1.807) is 23.5 Å². The summed E-state index contributed by atoms with van der Waals surface area (Å²) in [6.45, 7) is 5.88. The molecule has 2 atom stereocenters. The molecule has 0 N–H and O–H groups in total. The fourth-order valence-corrected chi connectivity index (χ4v) is 6.24. The quantitative estimate of drug-likeness (QED) is 0.336. The van der Waals surface area contributed by atoms with Crippen molar-refractivity contribution in [2.24, 2.45) is 0 Å². The zero-order valence-corrected chi connectivity index (χ0v) is 23.3. The van der Waals surface area contributed by atoms with Gasteiger partial charge in [0.1, 0.15) is 24.7 Å². The lowest BCUT2D eigenvalue weighted by Gasteiger charge is -2.37. The third-order valence-electron chi connectivity index (χ3n) is 7.54. The first-order chi connectivity index (χ1) is 18.9. The molecule has 2 aromatic carbocycles. The summed E-state index contributed by atoms with van der Waals surface area (Å²) >= 11 is 1.69. The van der Waals surface area contributed by atoms with Gasteiger partial charge in [0.05, 0.1) is 17.7 Å². The molecule has 1 aromatic heterocycles. The van der Waals surface area contributed by atoms with Crippen molar-refractivity contribution in [2.75, 3.05) is 32.8 Å². The standard InChI is InChI=1S/C31H35FN2O4S/c1-21(2)22-9-11-23(12-10-22)38-20-28-26-14-17-39-29(26)13-15-34(28)30(35)19-33(18-24-6-5-16-37-24)31(36)25-7-3-4-8-27(25)32/h3-4,7-12,14,17,21,24,28H,5-6,13,15-16,18-20H2,1-2H3/t24-,28-/m1/s1. The first kappa shape index (κ1) is 27.3. The summed E-state index contributed by atoms with van der Waals surface area (Å²) in [4.78, 5) is 31.8. The molecule has 0 unspecified atom stereocenters. The highest BCUT2D eigenvalue weighted by atomic mass is 32.1. The molecule has 2 aliphatic heterocycles. The summed E-state index contributed by atoms with van der Waals surface area (Å²) in [5.41, 5.74) is 2.29. The average molecular weight is 551 g/mol. The van der Waals surface area contributed by atoms with Gasteiger partial charge >= 0.3 is 0 Å². The Balaban J connectivity index is 1.34. The molecule has 0 saturated carbocycles. The van der Waals surface area contributed by atoms with E-state index in [0.717, 1.165) is 30.6 Å². The summed E-state index contributed by atoms with van der Waals surface area (Å²) in [6, 6.07) is 15.8. The van der Waals surface area contributed by atoms with E-state index in [2.05, 4.69) is 37.4 Å². The van der Waals surface area contributed by atoms with Gasteiger partial charge < -0.3 is 19.3 Å². The van der Waals surface area contributed by atoms with Crippen molar-refractivity contribution in [1.29, 1.82) is 0 Å². The van der Waals surface area contributed by atoms with E-state index in [0.29, 0.717) is 25.7 Å². The SMILES string of the molecule is CC(C)c1ccc(OC[C@@H]2c3ccsc3CCN2C(=O)CN(C[C@H]2CCCO2)C(=O)c2ccccc2F)cc1. The number of rotatable bonds is 9. The fourth-order valence-electron chi connectivity index (χ4n) is 5.31.